The van der Waals surface area contributed by atoms with E-state index < -0.39 is 57.2 Å². The first kappa shape index (κ1) is 46.9. The molecule has 11 nitrogen and oxygen atoms in total. The molecular formula is C47H56N3O8PS2Si. The van der Waals surface area contributed by atoms with Crippen LogP contribution in [0, 0.1) is 11.8 Å². The van der Waals surface area contributed by atoms with Crippen molar-refractivity contribution in [2.75, 3.05) is 19.5 Å². The number of amides is 1. The lowest BCUT2D eigenvalue weighted by molar-refractivity contribution is -0.167. The van der Waals surface area contributed by atoms with Crippen molar-refractivity contribution in [2.45, 2.75) is 81.9 Å². The Balaban J connectivity index is 1.66. The summed E-state index contributed by atoms with van der Waals surface area (Å²) in [5.74, 6) is -2.48. The smallest absolute Gasteiger partial charge is 0.356 e. The third kappa shape index (κ3) is 10.1. The van der Waals surface area contributed by atoms with Crippen LogP contribution in [0.5, 0.6) is 5.75 Å². The molecule has 15 heteroatoms. The van der Waals surface area contributed by atoms with Crippen LogP contribution in [-0.4, -0.2) is 89.5 Å². The van der Waals surface area contributed by atoms with Crippen LogP contribution in [0.1, 0.15) is 40.2 Å². The maximum absolute atomic E-state index is 15.7. The van der Waals surface area contributed by atoms with Crippen LogP contribution in [-0.2, 0) is 34.9 Å². The summed E-state index contributed by atoms with van der Waals surface area (Å²) in [4.78, 5) is 45.5. The molecule has 1 aromatic heterocycles. The number of carbonyl (C=O) groups excluding carboxylic acids is 3. The quantitative estimate of drug-likeness (QED) is 0.0312. The molecule has 5 atom stereocenters. The van der Waals surface area contributed by atoms with Crippen molar-refractivity contribution in [3.63, 3.8) is 0 Å². The molecule has 1 aliphatic rings. The minimum absolute atomic E-state index is 0.0936. The van der Waals surface area contributed by atoms with E-state index >= 15 is 9.59 Å². The van der Waals surface area contributed by atoms with Crippen molar-refractivity contribution in [3.8, 4) is 5.75 Å². The number of aliphatic hydroxyl groups is 1. The molecule has 0 bridgehead atoms. The first-order valence-corrected chi connectivity index (χ1v) is 27.1. The Morgan fingerprint density at radius 1 is 0.887 bits per heavy atom. The Morgan fingerprint density at radius 3 is 1.90 bits per heavy atom. The van der Waals surface area contributed by atoms with Gasteiger partial charge >= 0.3 is 11.9 Å². The molecule has 4 aromatic carbocycles. The molecule has 0 unspecified atom stereocenters. The summed E-state index contributed by atoms with van der Waals surface area (Å²) >= 11 is 2.67. The number of nitrogens with zero attached hydrogens (tertiary/aromatic N) is 3. The number of likely N-dealkylation sites (tertiary alicyclic amines) is 1. The predicted molar refractivity (Wildman–Crippen MR) is 252 cm³/mol. The standard InChI is InChI=1S/C47H56N3O8PS2Si/c1-32(58-62(7,8)47(3,4)5)41-42(39(29-56-33(2)51)40(52)30-60-46-49-48-31-61-46)50(43(41)53)44(45(54)57-28-34-24-26-35(55-6)27-25-34)59(36-18-12-9-13-19-36,37-20-14-10-15-21-37)38-22-16-11-17-23-38/h9-27,31-32,39-42,52H,28-30H2,1-8H3/t32-,39-,40+,41-,42-/m1/s1. The molecule has 1 saturated heterocycles. The van der Waals surface area contributed by atoms with Gasteiger partial charge in [-0.3, -0.25) is 9.59 Å². The highest BCUT2D eigenvalue weighted by Crippen LogP contribution is 2.51. The zero-order valence-electron chi connectivity index (χ0n) is 36.5. The Labute approximate surface area is 374 Å². The lowest BCUT2D eigenvalue weighted by Gasteiger charge is -2.55. The number of ether oxygens (including phenoxy) is 3. The molecule has 2 heterocycles. The molecule has 0 radical (unpaired) electrons. The van der Waals surface area contributed by atoms with Crippen molar-refractivity contribution in [3.05, 3.63) is 126 Å². The summed E-state index contributed by atoms with van der Waals surface area (Å²) in [5, 5.41) is 22.7. The van der Waals surface area contributed by atoms with E-state index in [0.717, 1.165) is 21.5 Å². The van der Waals surface area contributed by atoms with Crippen LogP contribution in [0.2, 0.25) is 18.1 Å². The number of methoxy groups -OCH3 is 1. The van der Waals surface area contributed by atoms with Crippen molar-refractivity contribution >= 4 is 77.5 Å². The van der Waals surface area contributed by atoms with Gasteiger partial charge in [0.2, 0.25) is 5.91 Å². The van der Waals surface area contributed by atoms with E-state index in [1.165, 1.54) is 30.0 Å². The topological polar surface area (TPSA) is 137 Å². The summed E-state index contributed by atoms with van der Waals surface area (Å²) in [7, 11) is -0.896. The number of aromatic nitrogens is 2. The Bertz CT molecular complexity index is 2230. The van der Waals surface area contributed by atoms with Gasteiger partial charge in [0, 0.05) is 25.5 Å². The summed E-state index contributed by atoms with van der Waals surface area (Å²) in [6.07, 6.45) is -1.78. The number of carbonyl (C=O) groups is 3. The van der Waals surface area contributed by atoms with E-state index in [-0.39, 0.29) is 35.3 Å². The highest BCUT2D eigenvalue weighted by molar-refractivity contribution is 8.01. The minimum Gasteiger partial charge on any atom is -0.497 e. The Hall–Kier alpha value is -4.56. The number of thioether (sulfide) groups is 1. The van der Waals surface area contributed by atoms with Crippen LogP contribution in [0.4, 0.5) is 0 Å². The number of hydrogen-bond donors (Lipinski definition) is 1. The van der Waals surface area contributed by atoms with Gasteiger partial charge in [0.15, 0.2) is 12.7 Å². The largest absolute Gasteiger partial charge is 0.497 e. The SMILES string of the molecule is COc1ccc(COC(=O)C(N2C(=O)[C@H]([C@@H](C)O[Si](C)(C)C(C)(C)C)[C@H]2[C@H](COC(C)=O)[C@@H](O)CSc2nncs2)=P(c2ccccc2)(c2ccccc2)c2ccccc2)cc1. The summed E-state index contributed by atoms with van der Waals surface area (Å²) in [6, 6.07) is 35.7. The maximum Gasteiger partial charge on any atom is 0.356 e. The lowest BCUT2D eigenvalue weighted by Crippen LogP contribution is -2.73. The molecule has 0 aliphatic carbocycles. The van der Waals surface area contributed by atoms with E-state index in [0.29, 0.717) is 10.1 Å². The van der Waals surface area contributed by atoms with Gasteiger partial charge in [-0.1, -0.05) is 147 Å². The summed E-state index contributed by atoms with van der Waals surface area (Å²) in [6.45, 7) is 10.2. The van der Waals surface area contributed by atoms with Gasteiger partial charge in [-0.25, -0.2) is 4.79 Å². The van der Waals surface area contributed by atoms with Crippen LogP contribution in [0.15, 0.2) is 125 Å². The van der Waals surface area contributed by atoms with Gasteiger partial charge in [0.1, 0.15) is 23.3 Å². The number of hydrogen-bond acceptors (Lipinski definition) is 12. The van der Waals surface area contributed by atoms with Crippen LogP contribution >= 0.6 is 30.0 Å². The molecule has 328 valence electrons. The molecule has 6 rings (SSSR count). The predicted octanol–water partition coefficient (Wildman–Crippen LogP) is 7.28. The Morgan fingerprint density at radius 2 is 1.44 bits per heavy atom. The lowest BCUT2D eigenvalue weighted by atomic mass is 9.74. The molecule has 1 amide bonds. The zero-order valence-corrected chi connectivity index (χ0v) is 40.0. The summed E-state index contributed by atoms with van der Waals surface area (Å²) in [5.41, 5.74) is 2.49. The minimum atomic E-state index is -3.35. The number of β-lactam (4-membered cyclic amide) rings is 1. The summed E-state index contributed by atoms with van der Waals surface area (Å²) < 4.78 is 25.1. The van der Waals surface area contributed by atoms with E-state index in [1.54, 1.807) is 29.7 Å². The molecule has 5 aromatic rings. The molecule has 1 aliphatic heterocycles. The first-order chi connectivity index (χ1) is 29.6. The van der Waals surface area contributed by atoms with Crippen molar-refractivity contribution < 1.29 is 38.1 Å². The third-order valence-corrected chi connectivity index (χ3v) is 22.6. The van der Waals surface area contributed by atoms with E-state index in [1.807, 2.05) is 110 Å². The average molecular weight is 914 g/mol. The van der Waals surface area contributed by atoms with Gasteiger partial charge < -0.3 is 28.6 Å². The number of esters is 2. The van der Waals surface area contributed by atoms with Crippen LogP contribution in [0.25, 0.3) is 0 Å². The molecule has 1 fully saturated rings. The van der Waals surface area contributed by atoms with E-state index in [2.05, 4.69) is 44.1 Å². The number of aliphatic hydroxyl groups excluding tert-OH is 1. The number of benzene rings is 4. The fourth-order valence-corrected chi connectivity index (χ4v) is 15.0. The molecule has 0 spiro atoms. The zero-order chi connectivity index (χ0) is 44.7. The molecule has 1 N–H and O–H groups in total. The fraction of sp³-hybridized carbons (Fsp3) is 0.362. The highest BCUT2D eigenvalue weighted by atomic mass is 32.2. The first-order valence-electron chi connectivity index (χ1n) is 20.5. The van der Waals surface area contributed by atoms with Gasteiger partial charge in [-0.15, -0.1) is 10.2 Å². The highest BCUT2D eigenvalue weighted by Gasteiger charge is 2.60. The van der Waals surface area contributed by atoms with Crippen LogP contribution < -0.4 is 20.7 Å². The van der Waals surface area contributed by atoms with Crippen molar-refractivity contribution in [1.29, 1.82) is 0 Å². The average Bonchev–Trinajstić information content (AvgIpc) is 3.79. The van der Waals surface area contributed by atoms with Gasteiger partial charge in [-0.05, 0) is 58.7 Å². The van der Waals surface area contributed by atoms with Gasteiger partial charge in [-0.2, -0.15) is 0 Å². The second-order valence-electron chi connectivity index (χ2n) is 16.8. The number of rotatable bonds is 18. The van der Waals surface area contributed by atoms with Crippen LogP contribution in [0.3, 0.4) is 0 Å². The third-order valence-electron chi connectivity index (χ3n) is 11.8. The second kappa shape index (κ2) is 20.3. The maximum atomic E-state index is 15.7. The second-order valence-corrected chi connectivity index (χ2v) is 27.0. The van der Waals surface area contributed by atoms with Crippen molar-refractivity contribution in [1.82, 2.24) is 15.1 Å². The van der Waals surface area contributed by atoms with E-state index in [4.69, 9.17) is 18.6 Å². The van der Waals surface area contributed by atoms with Gasteiger partial charge in [0.05, 0.1) is 37.9 Å². The molecule has 0 saturated carbocycles. The van der Waals surface area contributed by atoms with Crippen molar-refractivity contribution in [2.24, 2.45) is 11.8 Å². The monoisotopic (exact) mass is 913 g/mol. The Kier molecular flexibility index (Phi) is 15.4. The normalized spacial score (nSPS) is 17.0. The molecule has 62 heavy (non-hydrogen) atoms. The van der Waals surface area contributed by atoms with E-state index in [9.17, 15) is 9.90 Å². The molecular weight excluding hydrogens is 858 g/mol. The fourth-order valence-electron chi connectivity index (χ4n) is 7.69. The van der Waals surface area contributed by atoms with Gasteiger partial charge in [0.25, 0.3) is 0 Å².